The summed E-state index contributed by atoms with van der Waals surface area (Å²) in [5, 5.41) is 3.04. The lowest BCUT2D eigenvalue weighted by Gasteiger charge is -2.18. The van der Waals surface area contributed by atoms with Gasteiger partial charge >= 0.3 is 0 Å². The molecule has 2 amide bonds. The first kappa shape index (κ1) is 20.9. The molecule has 1 aliphatic rings. The predicted octanol–water partition coefficient (Wildman–Crippen LogP) is 4.78. The van der Waals surface area contributed by atoms with Gasteiger partial charge < -0.3 is 15.0 Å². The minimum atomic E-state index is -0.358. The van der Waals surface area contributed by atoms with Crippen LogP contribution in [0, 0.1) is 26.7 Å². The molecule has 5 nitrogen and oxygen atoms in total. The van der Waals surface area contributed by atoms with Gasteiger partial charge in [-0.2, -0.15) is 0 Å². The van der Waals surface area contributed by atoms with Gasteiger partial charge in [0.1, 0.15) is 5.75 Å². The molecular weight excluding hydrogens is 364 g/mol. The summed E-state index contributed by atoms with van der Waals surface area (Å²) in [4.78, 5) is 27.0. The molecule has 2 aromatic carbocycles. The van der Waals surface area contributed by atoms with Crippen LogP contribution in [0.5, 0.6) is 5.75 Å². The van der Waals surface area contributed by atoms with E-state index >= 15 is 0 Å². The predicted molar refractivity (Wildman–Crippen MR) is 117 cm³/mol. The van der Waals surface area contributed by atoms with Crippen LogP contribution < -0.4 is 15.0 Å². The summed E-state index contributed by atoms with van der Waals surface area (Å²) in [6, 6.07) is 11.6. The average Bonchev–Trinajstić information content (AvgIpc) is 3.07. The summed E-state index contributed by atoms with van der Waals surface area (Å²) in [5.41, 5.74) is 4.89. The molecule has 0 unspecified atom stereocenters. The van der Waals surface area contributed by atoms with Crippen LogP contribution in [0.3, 0.4) is 0 Å². The first-order valence-corrected chi connectivity index (χ1v) is 10.3. The number of amides is 2. The van der Waals surface area contributed by atoms with Crippen LogP contribution in [0.15, 0.2) is 36.4 Å². The third-order valence-electron chi connectivity index (χ3n) is 5.34. The molecule has 0 radical (unpaired) electrons. The fraction of sp³-hybridized carbons (Fsp3) is 0.417. The standard InChI is InChI=1S/C24H30N2O3/c1-5-6-11-29-21-9-7-20(8-10-21)26-15-19(14-22(26)27)24(28)25-23-17(3)12-16(2)13-18(23)4/h7-10,12-13,19H,5-6,11,14-15H2,1-4H3,(H,25,28)/t19-/m0/s1. The molecule has 1 aliphatic heterocycles. The Bertz CT molecular complexity index is 866. The van der Waals surface area contributed by atoms with Gasteiger partial charge in [0.2, 0.25) is 11.8 Å². The van der Waals surface area contributed by atoms with Crippen molar-refractivity contribution in [2.24, 2.45) is 5.92 Å². The molecule has 0 bridgehead atoms. The molecule has 0 saturated carbocycles. The van der Waals surface area contributed by atoms with E-state index < -0.39 is 0 Å². The van der Waals surface area contributed by atoms with Gasteiger partial charge in [-0.25, -0.2) is 0 Å². The van der Waals surface area contributed by atoms with Crippen LogP contribution in [0.1, 0.15) is 42.9 Å². The Morgan fingerprint density at radius 3 is 2.41 bits per heavy atom. The van der Waals surface area contributed by atoms with Crippen molar-refractivity contribution in [2.45, 2.75) is 47.0 Å². The Morgan fingerprint density at radius 1 is 1.14 bits per heavy atom. The molecule has 0 spiro atoms. The second-order valence-electron chi connectivity index (χ2n) is 7.86. The molecule has 1 fully saturated rings. The van der Waals surface area contributed by atoms with Crippen LogP contribution in [0.4, 0.5) is 11.4 Å². The summed E-state index contributed by atoms with van der Waals surface area (Å²) in [6.07, 6.45) is 2.33. The second kappa shape index (κ2) is 9.12. The van der Waals surface area contributed by atoms with Crippen molar-refractivity contribution in [3.63, 3.8) is 0 Å². The maximum absolute atomic E-state index is 12.8. The number of carbonyl (C=O) groups is 2. The number of anilines is 2. The van der Waals surface area contributed by atoms with E-state index in [-0.39, 0.29) is 24.2 Å². The van der Waals surface area contributed by atoms with Gasteiger partial charge in [0.25, 0.3) is 0 Å². The number of carbonyl (C=O) groups excluding carboxylic acids is 2. The number of rotatable bonds is 7. The minimum absolute atomic E-state index is 0.0258. The number of hydrogen-bond acceptors (Lipinski definition) is 3. The third kappa shape index (κ3) is 4.97. The van der Waals surface area contributed by atoms with Crippen molar-refractivity contribution in [1.82, 2.24) is 0 Å². The quantitative estimate of drug-likeness (QED) is 0.688. The summed E-state index contributed by atoms with van der Waals surface area (Å²) >= 11 is 0. The zero-order valence-electron chi connectivity index (χ0n) is 17.7. The van der Waals surface area contributed by atoms with E-state index in [0.29, 0.717) is 13.2 Å². The second-order valence-corrected chi connectivity index (χ2v) is 7.86. The van der Waals surface area contributed by atoms with E-state index in [1.54, 1.807) is 4.90 Å². The minimum Gasteiger partial charge on any atom is -0.494 e. The fourth-order valence-electron chi connectivity index (χ4n) is 3.79. The highest BCUT2D eigenvalue weighted by Crippen LogP contribution is 2.29. The van der Waals surface area contributed by atoms with Crippen LogP contribution in [-0.2, 0) is 9.59 Å². The molecular formula is C24H30N2O3. The van der Waals surface area contributed by atoms with Crippen molar-refractivity contribution in [3.05, 3.63) is 53.1 Å². The van der Waals surface area contributed by atoms with Gasteiger partial charge in [-0.3, -0.25) is 9.59 Å². The highest BCUT2D eigenvalue weighted by molar-refractivity contribution is 6.04. The highest BCUT2D eigenvalue weighted by atomic mass is 16.5. The summed E-state index contributed by atoms with van der Waals surface area (Å²) in [7, 11) is 0. The number of aryl methyl sites for hydroxylation is 3. The highest BCUT2D eigenvalue weighted by Gasteiger charge is 2.35. The molecule has 2 aromatic rings. The number of nitrogens with one attached hydrogen (secondary N) is 1. The lowest BCUT2D eigenvalue weighted by Crippen LogP contribution is -2.28. The van der Waals surface area contributed by atoms with Gasteiger partial charge in [-0.05, 0) is 62.6 Å². The van der Waals surface area contributed by atoms with E-state index in [1.807, 2.05) is 45.0 Å². The maximum atomic E-state index is 12.8. The molecule has 0 aromatic heterocycles. The van der Waals surface area contributed by atoms with E-state index in [2.05, 4.69) is 24.4 Å². The zero-order chi connectivity index (χ0) is 21.0. The van der Waals surface area contributed by atoms with E-state index in [9.17, 15) is 9.59 Å². The summed E-state index contributed by atoms with van der Waals surface area (Å²) in [5.74, 6) is 0.314. The van der Waals surface area contributed by atoms with Crippen molar-refractivity contribution >= 4 is 23.2 Å². The molecule has 1 heterocycles. The van der Waals surface area contributed by atoms with Crippen molar-refractivity contribution in [3.8, 4) is 5.75 Å². The lowest BCUT2D eigenvalue weighted by atomic mass is 10.0. The Hall–Kier alpha value is -2.82. The van der Waals surface area contributed by atoms with Gasteiger partial charge in [-0.15, -0.1) is 0 Å². The van der Waals surface area contributed by atoms with Gasteiger partial charge in [0.05, 0.1) is 12.5 Å². The molecule has 5 heteroatoms. The Kier molecular flexibility index (Phi) is 6.57. The van der Waals surface area contributed by atoms with Crippen LogP contribution in [0.2, 0.25) is 0 Å². The molecule has 1 saturated heterocycles. The van der Waals surface area contributed by atoms with Crippen LogP contribution in [-0.4, -0.2) is 25.0 Å². The van der Waals surface area contributed by atoms with Crippen molar-refractivity contribution in [2.75, 3.05) is 23.4 Å². The lowest BCUT2D eigenvalue weighted by molar-refractivity contribution is -0.122. The van der Waals surface area contributed by atoms with Crippen molar-refractivity contribution in [1.29, 1.82) is 0 Å². The fourth-order valence-corrected chi connectivity index (χ4v) is 3.79. The SMILES string of the molecule is CCCCOc1ccc(N2C[C@@H](C(=O)Nc3c(C)cc(C)cc3C)CC2=O)cc1. The maximum Gasteiger partial charge on any atom is 0.229 e. The van der Waals surface area contributed by atoms with E-state index in [0.717, 1.165) is 41.1 Å². The number of hydrogen-bond donors (Lipinski definition) is 1. The topological polar surface area (TPSA) is 58.6 Å². The Balaban J connectivity index is 1.65. The number of ether oxygens (including phenoxy) is 1. The summed E-state index contributed by atoms with van der Waals surface area (Å²) in [6.45, 7) is 9.24. The third-order valence-corrected chi connectivity index (χ3v) is 5.34. The number of nitrogens with zero attached hydrogens (tertiary/aromatic N) is 1. The molecule has 154 valence electrons. The largest absolute Gasteiger partial charge is 0.494 e. The number of benzene rings is 2. The normalized spacial score (nSPS) is 16.2. The smallest absolute Gasteiger partial charge is 0.229 e. The van der Waals surface area contributed by atoms with Crippen molar-refractivity contribution < 1.29 is 14.3 Å². The average molecular weight is 395 g/mol. The van der Waals surface area contributed by atoms with E-state index in [4.69, 9.17) is 4.74 Å². The molecule has 3 rings (SSSR count). The van der Waals surface area contributed by atoms with Crippen LogP contribution in [0.25, 0.3) is 0 Å². The van der Waals surface area contributed by atoms with E-state index in [1.165, 1.54) is 5.56 Å². The summed E-state index contributed by atoms with van der Waals surface area (Å²) < 4.78 is 5.68. The first-order chi connectivity index (χ1) is 13.9. The molecule has 0 aliphatic carbocycles. The first-order valence-electron chi connectivity index (χ1n) is 10.3. The molecule has 1 atom stereocenters. The van der Waals surface area contributed by atoms with Gasteiger partial charge in [0, 0.05) is 24.3 Å². The van der Waals surface area contributed by atoms with Gasteiger partial charge in [-0.1, -0.05) is 31.0 Å². The molecule has 29 heavy (non-hydrogen) atoms. The van der Waals surface area contributed by atoms with Crippen LogP contribution >= 0.6 is 0 Å². The Labute approximate surface area is 173 Å². The number of unbranched alkanes of at least 4 members (excludes halogenated alkanes) is 1. The van der Waals surface area contributed by atoms with Gasteiger partial charge in [0.15, 0.2) is 0 Å². The monoisotopic (exact) mass is 394 g/mol. The Morgan fingerprint density at radius 2 is 1.79 bits per heavy atom. The molecule has 1 N–H and O–H groups in total. The zero-order valence-corrected chi connectivity index (χ0v) is 17.7.